The van der Waals surface area contributed by atoms with Crippen molar-refractivity contribution in [2.75, 3.05) is 0 Å². The van der Waals surface area contributed by atoms with Crippen LogP contribution in [0.5, 0.6) is 5.75 Å². The fourth-order valence-corrected chi connectivity index (χ4v) is 4.52. The number of fused-ring (bicyclic) bond motifs is 3. The first-order valence-corrected chi connectivity index (χ1v) is 12.4. The molecule has 4 aromatic rings. The van der Waals surface area contributed by atoms with Gasteiger partial charge in [0.2, 0.25) is 0 Å². The maximum absolute atomic E-state index is 13.3. The number of rotatable bonds is 6. The van der Waals surface area contributed by atoms with Crippen LogP contribution in [0.25, 0.3) is 33.0 Å². The summed E-state index contributed by atoms with van der Waals surface area (Å²) in [7, 11) is 1.71. The molecule has 0 fully saturated rings. The third-order valence-corrected chi connectivity index (χ3v) is 6.09. The molecule has 0 aliphatic heterocycles. The van der Waals surface area contributed by atoms with Crippen LogP contribution in [0.15, 0.2) is 46.2 Å². The van der Waals surface area contributed by atoms with Gasteiger partial charge in [0.05, 0.1) is 34.4 Å². The van der Waals surface area contributed by atoms with E-state index in [1.807, 2.05) is 46.8 Å². The molecule has 1 unspecified atom stereocenters. The summed E-state index contributed by atoms with van der Waals surface area (Å²) in [5.74, 6) is 1.12. The number of hydrogen-bond acceptors (Lipinski definition) is 7. The Labute approximate surface area is 216 Å². The smallest absolute Gasteiger partial charge is 0.443 e. The van der Waals surface area contributed by atoms with Gasteiger partial charge in [0.1, 0.15) is 5.60 Å². The van der Waals surface area contributed by atoms with Gasteiger partial charge in [-0.15, -0.1) is 5.06 Å². The van der Waals surface area contributed by atoms with Gasteiger partial charge >= 0.3 is 6.09 Å². The maximum Gasteiger partial charge on any atom is 0.443 e. The number of amides is 1. The predicted octanol–water partition coefficient (Wildman–Crippen LogP) is 6.02. The van der Waals surface area contributed by atoms with Crippen molar-refractivity contribution >= 4 is 27.8 Å². The van der Waals surface area contributed by atoms with E-state index in [4.69, 9.17) is 14.0 Å². The minimum atomic E-state index is -0.706. The number of carbonyl (C=O) groups excluding carboxylic acids is 1. The zero-order valence-electron chi connectivity index (χ0n) is 22.7. The highest BCUT2D eigenvalue weighted by molar-refractivity contribution is 6.08. The summed E-state index contributed by atoms with van der Waals surface area (Å²) in [5.41, 5.74) is 1.01. The molecule has 3 aromatic heterocycles. The molecular weight excluding hydrogens is 472 g/mol. The summed E-state index contributed by atoms with van der Waals surface area (Å²) in [6.07, 6.45) is 4.70. The summed E-state index contributed by atoms with van der Waals surface area (Å²) >= 11 is 0. The van der Waals surface area contributed by atoms with Crippen LogP contribution in [0.1, 0.15) is 53.7 Å². The van der Waals surface area contributed by atoms with Crippen molar-refractivity contribution in [2.24, 2.45) is 13.0 Å². The molecule has 0 spiro atoms. The van der Waals surface area contributed by atoms with Crippen molar-refractivity contribution in [1.29, 1.82) is 0 Å². The molecule has 0 bridgehead atoms. The van der Waals surface area contributed by atoms with Crippen LogP contribution >= 0.6 is 0 Å². The molecule has 9 heteroatoms. The van der Waals surface area contributed by atoms with E-state index in [1.54, 1.807) is 30.1 Å². The van der Waals surface area contributed by atoms with E-state index in [-0.39, 0.29) is 11.6 Å². The summed E-state index contributed by atoms with van der Waals surface area (Å²) in [4.78, 5) is 41.2. The highest BCUT2D eigenvalue weighted by Crippen LogP contribution is 2.37. The topological polar surface area (TPSA) is 99.7 Å². The molecule has 4 rings (SSSR count). The standard InChI is InChI=1S/C28H34N4O5/c1-16(2)11-17(3)32(27(34)36-28(5,6)7)37-23-13-22-20(12-21(23)24-14-29-15-35-24)19-9-10-30-18(4)25(19)26(33)31(22)8/h9-10,12-17H,11H2,1-8H3. The summed E-state index contributed by atoms with van der Waals surface area (Å²) in [6.45, 7) is 13.3. The molecule has 196 valence electrons. The van der Waals surface area contributed by atoms with E-state index in [0.29, 0.717) is 46.0 Å². The van der Waals surface area contributed by atoms with Crippen LogP contribution in [0.4, 0.5) is 4.79 Å². The molecule has 0 aliphatic carbocycles. The van der Waals surface area contributed by atoms with Crippen molar-refractivity contribution in [3.05, 3.63) is 53.0 Å². The second kappa shape index (κ2) is 9.88. The number of aromatic nitrogens is 3. The first kappa shape index (κ1) is 26.2. The molecule has 1 aromatic carbocycles. The fourth-order valence-electron chi connectivity index (χ4n) is 4.52. The molecule has 3 heterocycles. The van der Waals surface area contributed by atoms with Gasteiger partial charge in [-0.25, -0.2) is 9.78 Å². The lowest BCUT2D eigenvalue weighted by Crippen LogP contribution is -2.45. The van der Waals surface area contributed by atoms with Gasteiger partial charge in [-0.1, -0.05) is 13.8 Å². The molecule has 9 nitrogen and oxygen atoms in total. The zero-order valence-corrected chi connectivity index (χ0v) is 22.7. The van der Waals surface area contributed by atoms with Crippen LogP contribution < -0.4 is 10.4 Å². The number of hydrogen-bond donors (Lipinski definition) is 0. The zero-order chi connectivity index (χ0) is 27.1. The molecule has 1 atom stereocenters. The average molecular weight is 507 g/mol. The Morgan fingerprint density at radius 1 is 1.19 bits per heavy atom. The molecule has 0 saturated heterocycles. The van der Waals surface area contributed by atoms with Crippen molar-refractivity contribution < 1.29 is 18.8 Å². The predicted molar refractivity (Wildman–Crippen MR) is 142 cm³/mol. The van der Waals surface area contributed by atoms with E-state index in [9.17, 15) is 9.59 Å². The van der Waals surface area contributed by atoms with Crippen LogP contribution in [-0.4, -0.2) is 37.3 Å². The van der Waals surface area contributed by atoms with Gasteiger partial charge in [-0.05, 0) is 64.5 Å². The van der Waals surface area contributed by atoms with Crippen molar-refractivity contribution in [3.63, 3.8) is 0 Å². The van der Waals surface area contributed by atoms with Crippen LogP contribution in [0.2, 0.25) is 0 Å². The number of oxazole rings is 1. The average Bonchev–Trinajstić information content (AvgIpc) is 3.33. The second-order valence-corrected chi connectivity index (χ2v) is 10.8. The molecule has 1 amide bonds. The highest BCUT2D eigenvalue weighted by Gasteiger charge is 2.30. The molecule has 37 heavy (non-hydrogen) atoms. The van der Waals surface area contributed by atoms with Gasteiger partial charge in [0.25, 0.3) is 5.56 Å². The van der Waals surface area contributed by atoms with Crippen molar-refractivity contribution in [1.82, 2.24) is 19.6 Å². The Hall–Kier alpha value is -3.88. The van der Waals surface area contributed by atoms with Crippen LogP contribution in [0.3, 0.4) is 0 Å². The Morgan fingerprint density at radius 2 is 1.92 bits per heavy atom. The van der Waals surface area contributed by atoms with Gasteiger partial charge in [0.15, 0.2) is 17.9 Å². The molecular formula is C28H34N4O5. The first-order chi connectivity index (χ1) is 17.4. The lowest BCUT2D eigenvalue weighted by Gasteiger charge is -2.32. The largest absolute Gasteiger partial charge is 0.443 e. The number of carbonyl (C=O) groups is 1. The second-order valence-electron chi connectivity index (χ2n) is 10.8. The molecule has 0 aliphatic rings. The number of hydroxylamine groups is 2. The Bertz CT molecular complexity index is 1500. The van der Waals surface area contributed by atoms with E-state index in [2.05, 4.69) is 23.8 Å². The Morgan fingerprint density at radius 3 is 2.54 bits per heavy atom. The SMILES string of the molecule is Cc1nccc2c1c(=O)n(C)c1cc(ON(C(=O)OC(C)(C)C)C(C)CC(C)C)c(-c3cnco3)cc21. The van der Waals surface area contributed by atoms with Gasteiger partial charge in [-0.2, -0.15) is 0 Å². The lowest BCUT2D eigenvalue weighted by molar-refractivity contribution is -0.0963. The third kappa shape index (κ3) is 5.30. The van der Waals surface area contributed by atoms with E-state index in [0.717, 1.165) is 10.8 Å². The summed E-state index contributed by atoms with van der Waals surface area (Å²) < 4.78 is 12.9. The normalized spacial score (nSPS) is 12.8. The fraction of sp³-hybridized carbons (Fsp3) is 0.429. The molecule has 0 N–H and O–H groups in total. The van der Waals surface area contributed by atoms with Gasteiger partial charge in [-0.3, -0.25) is 9.78 Å². The van der Waals surface area contributed by atoms with Crippen molar-refractivity contribution in [3.8, 4) is 17.1 Å². The number of aryl methyl sites for hydroxylation is 2. The minimum Gasteiger partial charge on any atom is -0.443 e. The van der Waals surface area contributed by atoms with Crippen LogP contribution in [-0.2, 0) is 11.8 Å². The number of ether oxygens (including phenoxy) is 1. The van der Waals surface area contributed by atoms with E-state index < -0.39 is 11.7 Å². The van der Waals surface area contributed by atoms with Crippen molar-refractivity contribution in [2.45, 2.75) is 66.5 Å². The lowest BCUT2D eigenvalue weighted by atomic mass is 10.0. The molecule has 0 saturated carbocycles. The maximum atomic E-state index is 13.3. The first-order valence-electron chi connectivity index (χ1n) is 12.4. The molecule has 0 radical (unpaired) electrons. The van der Waals surface area contributed by atoms with E-state index in [1.165, 1.54) is 11.5 Å². The Kier molecular flexibility index (Phi) is 6.99. The highest BCUT2D eigenvalue weighted by atomic mass is 16.7. The number of benzene rings is 1. The number of nitrogens with zero attached hydrogens (tertiary/aromatic N) is 4. The quantitative estimate of drug-likeness (QED) is 0.233. The van der Waals surface area contributed by atoms with Gasteiger partial charge in [0, 0.05) is 24.7 Å². The summed E-state index contributed by atoms with van der Waals surface area (Å²) in [6, 6.07) is 5.19. The summed E-state index contributed by atoms with van der Waals surface area (Å²) in [5, 5.41) is 3.41. The van der Waals surface area contributed by atoms with Crippen LogP contribution in [0, 0.1) is 12.8 Å². The van der Waals surface area contributed by atoms with Gasteiger partial charge < -0.3 is 18.6 Å². The third-order valence-electron chi connectivity index (χ3n) is 6.09. The Balaban J connectivity index is 1.95. The van der Waals surface area contributed by atoms with E-state index >= 15 is 0 Å². The number of pyridine rings is 2. The minimum absolute atomic E-state index is 0.163. The monoisotopic (exact) mass is 506 g/mol.